The third kappa shape index (κ3) is 3.45. The van der Waals surface area contributed by atoms with E-state index in [4.69, 9.17) is 4.74 Å². The molecular weight excluding hydrogens is 254 g/mol. The van der Waals surface area contributed by atoms with E-state index in [1.54, 1.807) is 6.92 Å². The first-order valence-electron chi connectivity index (χ1n) is 6.50. The van der Waals surface area contributed by atoms with Gasteiger partial charge in [-0.15, -0.1) is 0 Å². The number of carbonyl (C=O) groups excluding carboxylic acids is 1. The quantitative estimate of drug-likeness (QED) is 0.757. The number of carbonyl (C=O) groups is 1. The number of hydrogen-bond acceptors (Lipinski definition) is 4. The highest BCUT2D eigenvalue weighted by molar-refractivity contribution is 7.88. The van der Waals surface area contributed by atoms with E-state index in [0.29, 0.717) is 11.8 Å². The third-order valence-corrected chi connectivity index (χ3v) is 4.68. The first-order valence-corrected chi connectivity index (χ1v) is 8.39. The Morgan fingerprint density at radius 2 is 2.11 bits per heavy atom. The largest absolute Gasteiger partial charge is 0.461 e. The summed E-state index contributed by atoms with van der Waals surface area (Å²) in [5.41, 5.74) is 0. The van der Waals surface area contributed by atoms with Crippen LogP contribution in [0.3, 0.4) is 0 Å². The second-order valence-corrected chi connectivity index (χ2v) is 7.48. The smallest absolute Gasteiger partial charge is 0.309 e. The van der Waals surface area contributed by atoms with Crippen molar-refractivity contribution >= 4 is 16.0 Å². The van der Waals surface area contributed by atoms with Gasteiger partial charge in [-0.05, 0) is 38.0 Å². The SMILES string of the molecule is C[C@@H](CNS(C)(=O)=O)OC(=O)[C@H]1C[C@H]2CC[C@H]1C2. The first-order chi connectivity index (χ1) is 8.35. The van der Waals surface area contributed by atoms with Gasteiger partial charge in [-0.2, -0.15) is 0 Å². The van der Waals surface area contributed by atoms with Crippen LogP contribution in [0.5, 0.6) is 0 Å². The predicted molar refractivity (Wildman–Crippen MR) is 67.3 cm³/mol. The second-order valence-electron chi connectivity index (χ2n) is 5.65. The van der Waals surface area contributed by atoms with Crippen molar-refractivity contribution in [2.45, 2.75) is 38.7 Å². The number of esters is 1. The average molecular weight is 275 g/mol. The molecule has 0 aromatic heterocycles. The van der Waals surface area contributed by atoms with Crippen LogP contribution < -0.4 is 4.72 Å². The number of ether oxygens (including phenoxy) is 1. The molecule has 5 nitrogen and oxygen atoms in total. The molecule has 2 saturated carbocycles. The maximum Gasteiger partial charge on any atom is 0.309 e. The van der Waals surface area contributed by atoms with Crippen LogP contribution >= 0.6 is 0 Å². The molecule has 0 spiro atoms. The van der Waals surface area contributed by atoms with Crippen LogP contribution in [0.15, 0.2) is 0 Å². The van der Waals surface area contributed by atoms with Crippen LogP contribution in [-0.4, -0.2) is 33.3 Å². The van der Waals surface area contributed by atoms with Gasteiger partial charge in [-0.25, -0.2) is 13.1 Å². The fraction of sp³-hybridized carbons (Fsp3) is 0.917. The molecule has 1 N–H and O–H groups in total. The summed E-state index contributed by atoms with van der Waals surface area (Å²) in [6, 6.07) is 0. The Hall–Kier alpha value is -0.620. The molecule has 2 aliphatic rings. The highest BCUT2D eigenvalue weighted by atomic mass is 32.2. The van der Waals surface area contributed by atoms with E-state index in [9.17, 15) is 13.2 Å². The second kappa shape index (κ2) is 5.17. The van der Waals surface area contributed by atoms with Gasteiger partial charge in [0.15, 0.2) is 0 Å². The van der Waals surface area contributed by atoms with Crippen LogP contribution in [0.1, 0.15) is 32.6 Å². The van der Waals surface area contributed by atoms with Crippen molar-refractivity contribution < 1.29 is 17.9 Å². The molecule has 6 heteroatoms. The van der Waals surface area contributed by atoms with Gasteiger partial charge in [0.1, 0.15) is 6.10 Å². The number of nitrogens with one attached hydrogen (secondary N) is 1. The van der Waals surface area contributed by atoms with E-state index in [2.05, 4.69) is 4.72 Å². The van der Waals surface area contributed by atoms with Crippen LogP contribution in [0, 0.1) is 17.8 Å². The fourth-order valence-electron chi connectivity index (χ4n) is 3.13. The normalized spacial score (nSPS) is 32.4. The van der Waals surface area contributed by atoms with Crippen molar-refractivity contribution in [3.63, 3.8) is 0 Å². The molecule has 0 aromatic rings. The third-order valence-electron chi connectivity index (χ3n) is 3.99. The van der Waals surface area contributed by atoms with Gasteiger partial charge in [-0.1, -0.05) is 6.42 Å². The van der Waals surface area contributed by atoms with Crippen molar-refractivity contribution in [2.75, 3.05) is 12.8 Å². The molecule has 0 aromatic carbocycles. The standard InChI is InChI=1S/C12H21NO4S/c1-8(7-13-18(2,15)16)17-12(14)11-6-9-3-4-10(11)5-9/h8-11,13H,3-7H2,1-2H3/t8-,9-,10-,11-/m0/s1. The molecule has 0 unspecified atom stereocenters. The lowest BCUT2D eigenvalue weighted by molar-refractivity contribution is -0.154. The fourth-order valence-corrected chi connectivity index (χ4v) is 3.67. The zero-order valence-electron chi connectivity index (χ0n) is 10.9. The average Bonchev–Trinajstić information content (AvgIpc) is 2.87. The predicted octanol–water partition coefficient (Wildman–Crippen LogP) is 0.903. The lowest BCUT2D eigenvalue weighted by Crippen LogP contribution is -2.34. The molecule has 0 radical (unpaired) electrons. The van der Waals surface area contributed by atoms with Crippen molar-refractivity contribution in [2.24, 2.45) is 17.8 Å². The highest BCUT2D eigenvalue weighted by Crippen LogP contribution is 2.48. The van der Waals surface area contributed by atoms with Gasteiger partial charge >= 0.3 is 5.97 Å². The first kappa shape index (κ1) is 13.8. The van der Waals surface area contributed by atoms with E-state index in [1.165, 1.54) is 6.42 Å². The topological polar surface area (TPSA) is 72.5 Å². The van der Waals surface area contributed by atoms with Crippen molar-refractivity contribution in [1.82, 2.24) is 4.72 Å². The molecule has 0 amide bonds. The van der Waals surface area contributed by atoms with Crippen LogP contribution in [0.25, 0.3) is 0 Å². The minimum absolute atomic E-state index is 0.0458. The lowest BCUT2D eigenvalue weighted by Gasteiger charge is -2.22. The summed E-state index contributed by atoms with van der Waals surface area (Å²) >= 11 is 0. The summed E-state index contributed by atoms with van der Waals surface area (Å²) in [7, 11) is -3.22. The Kier molecular flexibility index (Phi) is 3.96. The number of sulfonamides is 1. The Labute approximate surface area is 108 Å². The number of rotatable bonds is 5. The summed E-state index contributed by atoms with van der Waals surface area (Å²) in [6.07, 6.45) is 5.19. The minimum atomic E-state index is -3.22. The van der Waals surface area contributed by atoms with Crippen molar-refractivity contribution in [3.8, 4) is 0 Å². The van der Waals surface area contributed by atoms with Gasteiger partial charge in [0, 0.05) is 6.54 Å². The molecule has 4 atom stereocenters. The number of hydrogen-bond donors (Lipinski definition) is 1. The Morgan fingerprint density at radius 1 is 1.39 bits per heavy atom. The van der Waals surface area contributed by atoms with E-state index < -0.39 is 16.1 Å². The Morgan fingerprint density at radius 3 is 2.61 bits per heavy atom. The molecule has 104 valence electrons. The monoisotopic (exact) mass is 275 g/mol. The van der Waals surface area contributed by atoms with E-state index in [1.807, 2.05) is 0 Å². The maximum absolute atomic E-state index is 12.0. The molecule has 2 bridgehead atoms. The van der Waals surface area contributed by atoms with Gasteiger partial charge in [0.25, 0.3) is 0 Å². The highest BCUT2D eigenvalue weighted by Gasteiger charge is 2.44. The summed E-state index contributed by atoms with van der Waals surface area (Å²) < 4.78 is 29.5. The summed E-state index contributed by atoms with van der Waals surface area (Å²) in [5.74, 6) is 1.10. The van der Waals surface area contributed by atoms with Crippen molar-refractivity contribution in [3.05, 3.63) is 0 Å². The number of fused-ring (bicyclic) bond motifs is 2. The Bertz CT molecular complexity index is 420. The van der Waals surface area contributed by atoms with Gasteiger partial charge in [0.05, 0.1) is 12.2 Å². The summed E-state index contributed by atoms with van der Waals surface area (Å²) in [6.45, 7) is 1.86. The molecule has 2 fully saturated rings. The molecular formula is C12H21NO4S. The van der Waals surface area contributed by atoms with Crippen LogP contribution in [0.4, 0.5) is 0 Å². The minimum Gasteiger partial charge on any atom is -0.461 e. The molecule has 0 aliphatic heterocycles. The zero-order chi connectivity index (χ0) is 13.3. The summed E-state index contributed by atoms with van der Waals surface area (Å²) in [5, 5.41) is 0. The van der Waals surface area contributed by atoms with Gasteiger partial charge in [0.2, 0.25) is 10.0 Å². The molecule has 2 rings (SSSR count). The molecule has 0 saturated heterocycles. The maximum atomic E-state index is 12.0. The molecule has 2 aliphatic carbocycles. The summed E-state index contributed by atoms with van der Waals surface area (Å²) in [4.78, 5) is 12.0. The van der Waals surface area contributed by atoms with E-state index >= 15 is 0 Å². The zero-order valence-corrected chi connectivity index (χ0v) is 11.7. The van der Waals surface area contributed by atoms with E-state index in [-0.39, 0.29) is 18.4 Å². The lowest BCUT2D eigenvalue weighted by atomic mass is 9.89. The van der Waals surface area contributed by atoms with Crippen LogP contribution in [0.2, 0.25) is 0 Å². The van der Waals surface area contributed by atoms with Gasteiger partial charge in [-0.3, -0.25) is 4.79 Å². The van der Waals surface area contributed by atoms with E-state index in [0.717, 1.165) is 25.5 Å². The van der Waals surface area contributed by atoms with Crippen molar-refractivity contribution in [1.29, 1.82) is 0 Å². The van der Waals surface area contributed by atoms with Gasteiger partial charge < -0.3 is 4.74 Å². The molecule has 18 heavy (non-hydrogen) atoms. The van der Waals surface area contributed by atoms with Crippen LogP contribution in [-0.2, 0) is 19.6 Å². The Balaban J connectivity index is 1.77. The molecule has 0 heterocycles.